The van der Waals surface area contributed by atoms with Crippen LogP contribution in [0.25, 0.3) is 0 Å². The van der Waals surface area contributed by atoms with E-state index in [-0.39, 0.29) is 12.1 Å². The van der Waals surface area contributed by atoms with Gasteiger partial charge in [-0.2, -0.15) is 0 Å². The van der Waals surface area contributed by atoms with Crippen LogP contribution in [0.4, 0.5) is 0 Å². The van der Waals surface area contributed by atoms with E-state index < -0.39 is 0 Å². The highest BCUT2D eigenvalue weighted by molar-refractivity contribution is 5.66. The molecular weight excluding hydrogens is 224 g/mol. The molecule has 0 heterocycles. The third-order valence-corrected chi connectivity index (χ3v) is 4.61. The first kappa shape index (κ1) is 15.5. The van der Waals surface area contributed by atoms with E-state index in [0.29, 0.717) is 11.8 Å². The summed E-state index contributed by atoms with van der Waals surface area (Å²) in [5.41, 5.74) is 0. The molecule has 0 unspecified atom stereocenters. The number of carbonyl (C=O) groups is 1. The Morgan fingerprint density at radius 1 is 1.33 bits per heavy atom. The van der Waals surface area contributed by atoms with Crippen molar-refractivity contribution in [3.05, 3.63) is 0 Å². The Morgan fingerprint density at radius 3 is 2.50 bits per heavy atom. The summed E-state index contributed by atoms with van der Waals surface area (Å²) >= 11 is 0. The van der Waals surface area contributed by atoms with Gasteiger partial charge in [-0.3, -0.25) is 4.79 Å². The van der Waals surface area contributed by atoms with Crippen molar-refractivity contribution in [3.63, 3.8) is 0 Å². The summed E-state index contributed by atoms with van der Waals surface area (Å²) in [5.74, 6) is 2.69. The van der Waals surface area contributed by atoms with Gasteiger partial charge in [-0.1, -0.05) is 40.5 Å². The van der Waals surface area contributed by atoms with Crippen molar-refractivity contribution in [1.82, 2.24) is 0 Å². The molecule has 0 N–H and O–H groups in total. The van der Waals surface area contributed by atoms with Gasteiger partial charge in [-0.05, 0) is 42.9 Å². The lowest BCUT2D eigenvalue weighted by atomic mass is 9.68. The van der Waals surface area contributed by atoms with Gasteiger partial charge >= 0.3 is 5.97 Å². The molecule has 1 aliphatic rings. The molecule has 0 saturated heterocycles. The fraction of sp³-hybridized carbons (Fsp3) is 0.938. The predicted molar refractivity (Wildman–Crippen MR) is 75.3 cm³/mol. The van der Waals surface area contributed by atoms with Crippen LogP contribution in [0.5, 0.6) is 0 Å². The number of ether oxygens (including phenoxy) is 1. The van der Waals surface area contributed by atoms with Gasteiger partial charge in [0, 0.05) is 6.92 Å². The number of esters is 1. The van der Waals surface area contributed by atoms with Gasteiger partial charge in [0.15, 0.2) is 0 Å². The maximum atomic E-state index is 11.3. The van der Waals surface area contributed by atoms with Crippen LogP contribution in [0.1, 0.15) is 66.7 Å². The summed E-state index contributed by atoms with van der Waals surface area (Å²) in [5, 5.41) is 0. The van der Waals surface area contributed by atoms with E-state index >= 15 is 0 Å². The van der Waals surface area contributed by atoms with Crippen molar-refractivity contribution in [1.29, 1.82) is 0 Å². The minimum Gasteiger partial charge on any atom is -0.462 e. The second-order valence-electron chi connectivity index (χ2n) is 6.39. The lowest BCUT2D eigenvalue weighted by Gasteiger charge is -2.40. The highest BCUT2D eigenvalue weighted by Crippen LogP contribution is 2.40. The molecule has 2 nitrogen and oxygen atoms in total. The predicted octanol–water partition coefficient (Wildman–Crippen LogP) is 4.43. The Balaban J connectivity index is 2.70. The van der Waals surface area contributed by atoms with Crippen LogP contribution in [0.2, 0.25) is 0 Å². The highest BCUT2D eigenvalue weighted by Gasteiger charge is 2.35. The first-order chi connectivity index (χ1) is 8.45. The molecule has 0 aliphatic heterocycles. The summed E-state index contributed by atoms with van der Waals surface area (Å²) in [7, 11) is 0. The number of rotatable bonds is 5. The second-order valence-corrected chi connectivity index (χ2v) is 6.39. The minimum atomic E-state index is -0.118. The summed E-state index contributed by atoms with van der Waals surface area (Å²) in [4.78, 5) is 11.3. The zero-order valence-corrected chi connectivity index (χ0v) is 12.7. The lowest BCUT2D eigenvalue weighted by molar-refractivity contribution is -0.152. The Hall–Kier alpha value is -0.530. The molecular formula is C16H30O2. The maximum absolute atomic E-state index is 11.3. The first-order valence-corrected chi connectivity index (χ1v) is 7.62. The van der Waals surface area contributed by atoms with Crippen molar-refractivity contribution in [2.24, 2.45) is 23.7 Å². The van der Waals surface area contributed by atoms with Crippen molar-refractivity contribution >= 4 is 5.97 Å². The maximum Gasteiger partial charge on any atom is 0.302 e. The minimum absolute atomic E-state index is 0.118. The van der Waals surface area contributed by atoms with Gasteiger partial charge in [0.05, 0.1) is 0 Å². The summed E-state index contributed by atoms with van der Waals surface area (Å²) in [6.07, 6.45) is 6.11. The van der Waals surface area contributed by atoms with E-state index in [1.807, 2.05) is 0 Å². The number of hydrogen-bond acceptors (Lipinski definition) is 2. The molecule has 0 aromatic rings. The molecule has 0 radical (unpaired) electrons. The standard InChI is InChI=1S/C16H30O2/c1-6-7-16(18-13(5)17)15-10-14(11(2)3)9-8-12(15)4/h11-12,14-16H,6-10H2,1-5H3/t12-,14+,15+,16-/m0/s1. The molecule has 2 heteroatoms. The normalized spacial score (nSPS) is 30.2. The Bertz CT molecular complexity index is 260. The van der Waals surface area contributed by atoms with E-state index in [1.54, 1.807) is 0 Å². The Labute approximate surface area is 112 Å². The zero-order chi connectivity index (χ0) is 13.7. The van der Waals surface area contributed by atoms with Crippen LogP contribution in [-0.4, -0.2) is 12.1 Å². The molecule has 0 bridgehead atoms. The molecule has 1 rings (SSSR count). The smallest absolute Gasteiger partial charge is 0.302 e. The molecule has 1 aliphatic carbocycles. The zero-order valence-electron chi connectivity index (χ0n) is 12.7. The van der Waals surface area contributed by atoms with Crippen LogP contribution in [-0.2, 0) is 9.53 Å². The largest absolute Gasteiger partial charge is 0.462 e. The lowest BCUT2D eigenvalue weighted by Crippen LogP contribution is -2.36. The third-order valence-electron chi connectivity index (χ3n) is 4.61. The SMILES string of the molecule is CCC[C@H](OC(C)=O)[C@@H]1C[C@H](C(C)C)CC[C@@H]1C. The van der Waals surface area contributed by atoms with Crippen LogP contribution >= 0.6 is 0 Å². The van der Waals surface area contributed by atoms with Gasteiger partial charge in [0.1, 0.15) is 6.10 Å². The average molecular weight is 254 g/mol. The van der Waals surface area contributed by atoms with Gasteiger partial charge in [0.25, 0.3) is 0 Å². The fourth-order valence-corrected chi connectivity index (χ4v) is 3.37. The summed E-state index contributed by atoms with van der Waals surface area (Å²) in [6.45, 7) is 10.7. The number of hydrogen-bond donors (Lipinski definition) is 0. The average Bonchev–Trinajstić information content (AvgIpc) is 2.28. The van der Waals surface area contributed by atoms with Gasteiger partial charge in [0.2, 0.25) is 0 Å². The van der Waals surface area contributed by atoms with Crippen LogP contribution in [0, 0.1) is 23.7 Å². The van der Waals surface area contributed by atoms with E-state index in [1.165, 1.54) is 26.2 Å². The van der Waals surface area contributed by atoms with Crippen LogP contribution in [0.15, 0.2) is 0 Å². The highest BCUT2D eigenvalue weighted by atomic mass is 16.5. The van der Waals surface area contributed by atoms with Crippen molar-refractivity contribution in [2.45, 2.75) is 72.8 Å². The van der Waals surface area contributed by atoms with Gasteiger partial charge in [-0.15, -0.1) is 0 Å². The molecule has 0 aromatic heterocycles. The van der Waals surface area contributed by atoms with E-state index in [2.05, 4.69) is 27.7 Å². The number of carbonyl (C=O) groups excluding carboxylic acids is 1. The quantitative estimate of drug-likeness (QED) is 0.679. The molecule has 18 heavy (non-hydrogen) atoms. The van der Waals surface area contributed by atoms with E-state index in [0.717, 1.165) is 24.7 Å². The van der Waals surface area contributed by atoms with Gasteiger partial charge < -0.3 is 4.74 Å². The Morgan fingerprint density at radius 2 is 2.00 bits per heavy atom. The molecule has 1 saturated carbocycles. The second kappa shape index (κ2) is 7.16. The van der Waals surface area contributed by atoms with Gasteiger partial charge in [-0.25, -0.2) is 0 Å². The molecule has 1 fully saturated rings. The van der Waals surface area contributed by atoms with Crippen LogP contribution in [0.3, 0.4) is 0 Å². The summed E-state index contributed by atoms with van der Waals surface area (Å²) < 4.78 is 5.59. The third kappa shape index (κ3) is 4.29. The van der Waals surface area contributed by atoms with E-state index in [9.17, 15) is 4.79 Å². The fourth-order valence-electron chi connectivity index (χ4n) is 3.37. The van der Waals surface area contributed by atoms with Crippen molar-refractivity contribution in [2.75, 3.05) is 0 Å². The monoisotopic (exact) mass is 254 g/mol. The topological polar surface area (TPSA) is 26.3 Å². The van der Waals surface area contributed by atoms with Crippen molar-refractivity contribution in [3.8, 4) is 0 Å². The molecule has 0 amide bonds. The molecule has 0 aromatic carbocycles. The van der Waals surface area contributed by atoms with Crippen LogP contribution < -0.4 is 0 Å². The molecule has 0 spiro atoms. The van der Waals surface area contributed by atoms with Crippen molar-refractivity contribution < 1.29 is 9.53 Å². The first-order valence-electron chi connectivity index (χ1n) is 7.62. The van der Waals surface area contributed by atoms with E-state index in [4.69, 9.17) is 4.74 Å². The molecule has 4 atom stereocenters. The molecule has 106 valence electrons. The summed E-state index contributed by atoms with van der Waals surface area (Å²) in [6, 6.07) is 0. The Kier molecular flexibility index (Phi) is 6.17.